The summed E-state index contributed by atoms with van der Waals surface area (Å²) >= 11 is 0. The van der Waals surface area contributed by atoms with Crippen molar-refractivity contribution in [3.63, 3.8) is 0 Å². The monoisotopic (exact) mass is 322 g/mol. The maximum atomic E-state index is 12.5. The second kappa shape index (κ2) is 7.06. The molecular weight excluding hydrogens is 304 g/mol. The molecule has 0 aliphatic carbocycles. The van der Waals surface area contributed by atoms with Crippen molar-refractivity contribution in [2.75, 3.05) is 0 Å². The van der Waals surface area contributed by atoms with Gasteiger partial charge in [-0.2, -0.15) is 5.10 Å². The molecule has 6 nitrogen and oxygen atoms in total. The molecule has 0 saturated heterocycles. The van der Waals surface area contributed by atoms with E-state index in [-0.39, 0.29) is 0 Å². The molecule has 3 rings (SSSR count). The maximum absolute atomic E-state index is 12.5. The first kappa shape index (κ1) is 15.9. The fourth-order valence-electron chi connectivity index (χ4n) is 2.44. The molecule has 0 aliphatic heterocycles. The number of aromatic nitrogens is 3. The summed E-state index contributed by atoms with van der Waals surface area (Å²) in [4.78, 5) is 16.8. The van der Waals surface area contributed by atoms with Gasteiger partial charge in [-0.3, -0.25) is 9.89 Å². The molecule has 0 aliphatic rings. The molecule has 1 aromatic heterocycles. The number of nitrogens with zero attached hydrogens (tertiary/aromatic N) is 2. The van der Waals surface area contributed by atoms with Gasteiger partial charge in [-0.25, -0.2) is 4.98 Å². The fraction of sp³-hybridized carbons (Fsp3) is 0.167. The Bertz CT molecular complexity index is 802. The number of aromatic amines is 1. The van der Waals surface area contributed by atoms with E-state index in [2.05, 4.69) is 20.5 Å². The smallest absolute Gasteiger partial charge is 0.254 e. The average Bonchev–Trinajstić information content (AvgIpc) is 3.06. The van der Waals surface area contributed by atoms with Crippen molar-refractivity contribution in [2.45, 2.75) is 19.1 Å². The molecule has 1 amide bonds. The molecule has 0 fully saturated rings. The van der Waals surface area contributed by atoms with E-state index in [1.54, 1.807) is 31.2 Å². The molecule has 3 aromatic rings. The molecule has 2 aromatic carbocycles. The lowest BCUT2D eigenvalue weighted by molar-refractivity contribution is -0.130. The maximum Gasteiger partial charge on any atom is 0.254 e. The third kappa shape index (κ3) is 3.49. The van der Waals surface area contributed by atoms with E-state index in [0.717, 1.165) is 5.56 Å². The zero-order valence-corrected chi connectivity index (χ0v) is 13.2. The summed E-state index contributed by atoms with van der Waals surface area (Å²) in [7, 11) is 0. The van der Waals surface area contributed by atoms with Crippen molar-refractivity contribution in [2.24, 2.45) is 0 Å². The average molecular weight is 322 g/mol. The standard InChI is InChI=1S/C18H18N4O2/c1-12-19-17(22-21-12)15(13-8-4-2-5-9-13)20-18(24)16(23)14-10-6-3-7-11-14/h2-11,15-16,23H,1H3,(H,20,24)(H,19,21,22). The normalized spacial score (nSPS) is 13.2. The van der Waals surface area contributed by atoms with Crippen molar-refractivity contribution in [3.05, 3.63) is 83.4 Å². The summed E-state index contributed by atoms with van der Waals surface area (Å²) in [6.07, 6.45) is -1.25. The van der Waals surface area contributed by atoms with Gasteiger partial charge in [-0.05, 0) is 18.1 Å². The van der Waals surface area contributed by atoms with Crippen LogP contribution in [0, 0.1) is 6.92 Å². The van der Waals surface area contributed by atoms with E-state index in [1.807, 2.05) is 36.4 Å². The largest absolute Gasteiger partial charge is 0.378 e. The van der Waals surface area contributed by atoms with Gasteiger partial charge in [0.1, 0.15) is 11.9 Å². The van der Waals surface area contributed by atoms with Gasteiger partial charge in [0, 0.05) is 0 Å². The molecule has 0 bridgehead atoms. The van der Waals surface area contributed by atoms with Crippen molar-refractivity contribution >= 4 is 5.91 Å². The molecule has 1 heterocycles. The van der Waals surface area contributed by atoms with E-state index in [9.17, 15) is 9.90 Å². The van der Waals surface area contributed by atoms with Gasteiger partial charge in [-0.15, -0.1) is 0 Å². The number of amides is 1. The number of aliphatic hydroxyl groups is 1. The molecule has 0 saturated carbocycles. The Hall–Kier alpha value is -2.99. The first-order chi connectivity index (χ1) is 11.6. The lowest BCUT2D eigenvalue weighted by atomic mass is 10.0. The highest BCUT2D eigenvalue weighted by atomic mass is 16.3. The van der Waals surface area contributed by atoms with Crippen LogP contribution in [0.15, 0.2) is 60.7 Å². The number of nitrogens with one attached hydrogen (secondary N) is 2. The fourth-order valence-corrected chi connectivity index (χ4v) is 2.44. The lowest BCUT2D eigenvalue weighted by Crippen LogP contribution is -2.34. The Labute approximate surface area is 139 Å². The quantitative estimate of drug-likeness (QED) is 0.670. The van der Waals surface area contributed by atoms with Crippen molar-refractivity contribution in [3.8, 4) is 0 Å². The molecule has 0 radical (unpaired) electrons. The number of carbonyl (C=O) groups is 1. The van der Waals surface area contributed by atoms with Crippen LogP contribution in [0.4, 0.5) is 0 Å². The van der Waals surface area contributed by atoms with Gasteiger partial charge in [0.25, 0.3) is 5.91 Å². The van der Waals surface area contributed by atoms with E-state index in [0.29, 0.717) is 17.2 Å². The number of hydrogen-bond acceptors (Lipinski definition) is 4. The van der Waals surface area contributed by atoms with Crippen LogP contribution in [0.2, 0.25) is 0 Å². The van der Waals surface area contributed by atoms with E-state index in [4.69, 9.17) is 0 Å². The third-order valence-corrected chi connectivity index (χ3v) is 3.66. The molecule has 2 unspecified atom stereocenters. The zero-order valence-electron chi connectivity index (χ0n) is 13.2. The Balaban J connectivity index is 1.86. The Morgan fingerprint density at radius 2 is 1.62 bits per heavy atom. The SMILES string of the molecule is Cc1nc(C(NC(=O)C(O)c2ccccc2)c2ccccc2)n[nH]1. The van der Waals surface area contributed by atoms with Crippen LogP contribution < -0.4 is 5.32 Å². The van der Waals surface area contributed by atoms with Gasteiger partial charge < -0.3 is 10.4 Å². The number of benzene rings is 2. The Morgan fingerprint density at radius 1 is 1.04 bits per heavy atom. The van der Waals surface area contributed by atoms with E-state index >= 15 is 0 Å². The van der Waals surface area contributed by atoms with Crippen LogP contribution in [-0.2, 0) is 4.79 Å². The molecule has 3 N–H and O–H groups in total. The van der Waals surface area contributed by atoms with Gasteiger partial charge >= 0.3 is 0 Å². The number of aryl methyl sites for hydroxylation is 1. The van der Waals surface area contributed by atoms with Crippen LogP contribution in [-0.4, -0.2) is 26.2 Å². The summed E-state index contributed by atoms with van der Waals surface area (Å²) in [5, 5.41) is 20.0. The van der Waals surface area contributed by atoms with E-state index in [1.165, 1.54) is 0 Å². The van der Waals surface area contributed by atoms with Crippen LogP contribution in [0.5, 0.6) is 0 Å². The second-order valence-corrected chi connectivity index (χ2v) is 5.44. The predicted molar refractivity (Wildman–Crippen MR) is 88.9 cm³/mol. The minimum Gasteiger partial charge on any atom is -0.378 e. The highest BCUT2D eigenvalue weighted by Gasteiger charge is 2.25. The molecule has 2 atom stereocenters. The van der Waals surface area contributed by atoms with Gasteiger partial charge in [0.15, 0.2) is 11.9 Å². The summed E-state index contributed by atoms with van der Waals surface area (Å²) < 4.78 is 0. The van der Waals surface area contributed by atoms with Gasteiger partial charge in [-0.1, -0.05) is 60.7 Å². The number of hydrogen-bond donors (Lipinski definition) is 3. The highest BCUT2D eigenvalue weighted by Crippen LogP contribution is 2.21. The first-order valence-electron chi connectivity index (χ1n) is 7.62. The minimum atomic E-state index is -1.25. The van der Waals surface area contributed by atoms with Crippen molar-refractivity contribution in [1.82, 2.24) is 20.5 Å². The minimum absolute atomic E-state index is 0.451. The Morgan fingerprint density at radius 3 is 2.17 bits per heavy atom. The van der Waals surface area contributed by atoms with Crippen molar-refractivity contribution < 1.29 is 9.90 Å². The molecule has 24 heavy (non-hydrogen) atoms. The third-order valence-electron chi connectivity index (χ3n) is 3.66. The van der Waals surface area contributed by atoms with Crippen molar-refractivity contribution in [1.29, 1.82) is 0 Å². The predicted octanol–water partition coefficient (Wildman–Crippen LogP) is 2.05. The van der Waals surface area contributed by atoms with Gasteiger partial charge in [0.05, 0.1) is 0 Å². The molecular formula is C18H18N4O2. The number of aliphatic hydroxyl groups excluding tert-OH is 1. The summed E-state index contributed by atoms with van der Waals surface area (Å²) in [5.74, 6) is 0.605. The second-order valence-electron chi connectivity index (χ2n) is 5.44. The van der Waals surface area contributed by atoms with E-state index < -0.39 is 18.1 Å². The summed E-state index contributed by atoms with van der Waals surface area (Å²) in [5.41, 5.74) is 1.37. The van der Waals surface area contributed by atoms with Crippen LogP contribution in [0.1, 0.15) is 34.9 Å². The van der Waals surface area contributed by atoms with Gasteiger partial charge in [0.2, 0.25) is 0 Å². The molecule has 122 valence electrons. The van der Waals surface area contributed by atoms with Crippen LogP contribution in [0.25, 0.3) is 0 Å². The number of rotatable bonds is 5. The molecule has 6 heteroatoms. The molecule has 0 spiro atoms. The zero-order chi connectivity index (χ0) is 16.9. The Kier molecular flexibility index (Phi) is 4.67. The number of H-pyrrole nitrogens is 1. The first-order valence-corrected chi connectivity index (χ1v) is 7.62. The summed E-state index contributed by atoms with van der Waals surface area (Å²) in [6, 6.07) is 17.7. The van der Waals surface area contributed by atoms with Crippen LogP contribution in [0.3, 0.4) is 0 Å². The lowest BCUT2D eigenvalue weighted by Gasteiger charge is -2.19. The topological polar surface area (TPSA) is 90.9 Å². The summed E-state index contributed by atoms with van der Waals surface area (Å²) in [6.45, 7) is 1.79. The highest BCUT2D eigenvalue weighted by molar-refractivity contribution is 5.82. The number of carbonyl (C=O) groups excluding carboxylic acids is 1. The van der Waals surface area contributed by atoms with Crippen LogP contribution >= 0.6 is 0 Å².